The van der Waals surface area contributed by atoms with Gasteiger partial charge in [-0.25, -0.2) is 4.79 Å². The van der Waals surface area contributed by atoms with Gasteiger partial charge in [0.05, 0.1) is 0 Å². The predicted molar refractivity (Wildman–Crippen MR) is 63.2 cm³/mol. The first kappa shape index (κ1) is 10.6. The average Bonchev–Trinajstić information content (AvgIpc) is 2.76. The number of carboxylic acids is 1. The zero-order valence-electron chi connectivity index (χ0n) is 10.2. The molecule has 4 aliphatic rings. The molecule has 0 aliphatic heterocycles. The van der Waals surface area contributed by atoms with Gasteiger partial charge in [-0.15, -0.1) is 0 Å². The van der Waals surface area contributed by atoms with E-state index in [4.69, 9.17) is 4.52 Å². The Morgan fingerprint density at radius 3 is 2.33 bits per heavy atom. The Kier molecular flexibility index (Phi) is 2.11. The normalized spacial score (nSPS) is 41.2. The summed E-state index contributed by atoms with van der Waals surface area (Å²) in [5, 5.41) is 12.9. The lowest BCUT2D eigenvalue weighted by molar-refractivity contribution is -0.00329. The van der Waals surface area contributed by atoms with Crippen LogP contribution >= 0.6 is 0 Å². The van der Waals surface area contributed by atoms with E-state index in [1.54, 1.807) is 6.26 Å². The van der Waals surface area contributed by atoms with Crippen molar-refractivity contribution in [1.29, 1.82) is 0 Å². The van der Waals surface area contributed by atoms with Crippen LogP contribution in [0.2, 0.25) is 0 Å². The van der Waals surface area contributed by atoms with E-state index in [2.05, 4.69) is 5.16 Å². The summed E-state index contributed by atoms with van der Waals surface area (Å²) in [6, 6.07) is 0. The van der Waals surface area contributed by atoms with Gasteiger partial charge in [-0.2, -0.15) is 0 Å². The zero-order chi connectivity index (χ0) is 12.3. The smallest absolute Gasteiger partial charge is 0.358 e. The summed E-state index contributed by atoms with van der Waals surface area (Å²) >= 11 is 0. The Labute approximate surface area is 105 Å². The molecule has 4 nitrogen and oxygen atoms in total. The maximum atomic E-state index is 11.2. The van der Waals surface area contributed by atoms with Crippen molar-refractivity contribution in [2.24, 2.45) is 23.7 Å². The van der Waals surface area contributed by atoms with Crippen LogP contribution < -0.4 is 0 Å². The van der Waals surface area contributed by atoms with Gasteiger partial charge in [0.15, 0.2) is 5.69 Å². The van der Waals surface area contributed by atoms with E-state index in [0.29, 0.717) is 17.8 Å². The third-order valence-electron chi connectivity index (χ3n) is 5.39. The largest absolute Gasteiger partial charge is 0.476 e. The van der Waals surface area contributed by atoms with E-state index in [9.17, 15) is 9.90 Å². The van der Waals surface area contributed by atoms with Gasteiger partial charge in [-0.05, 0) is 61.7 Å². The molecule has 1 aromatic heterocycles. The first-order chi connectivity index (χ1) is 8.72. The van der Waals surface area contributed by atoms with Crippen molar-refractivity contribution >= 4 is 5.97 Å². The molecule has 4 aliphatic carbocycles. The Hall–Kier alpha value is -1.32. The highest BCUT2D eigenvalue weighted by Crippen LogP contribution is 2.60. The first-order valence-corrected chi connectivity index (χ1v) is 6.90. The van der Waals surface area contributed by atoms with Crippen molar-refractivity contribution in [2.75, 3.05) is 0 Å². The number of nitrogens with zero attached hydrogens (tertiary/aromatic N) is 1. The predicted octanol–water partition coefficient (Wildman–Crippen LogP) is 2.91. The molecule has 5 rings (SSSR count). The van der Waals surface area contributed by atoms with Crippen LogP contribution in [0.3, 0.4) is 0 Å². The fourth-order valence-corrected chi connectivity index (χ4v) is 5.08. The lowest BCUT2D eigenvalue weighted by Gasteiger charge is -2.54. The molecule has 4 fully saturated rings. The molecule has 4 saturated carbocycles. The summed E-state index contributed by atoms with van der Waals surface area (Å²) in [4.78, 5) is 11.2. The summed E-state index contributed by atoms with van der Waals surface area (Å²) in [7, 11) is 0. The lowest BCUT2D eigenvalue weighted by atomic mass is 9.51. The number of carbonyl (C=O) groups is 1. The minimum absolute atomic E-state index is 0.146. The Morgan fingerprint density at radius 1 is 1.17 bits per heavy atom. The lowest BCUT2D eigenvalue weighted by Crippen LogP contribution is -2.44. The van der Waals surface area contributed by atoms with Crippen molar-refractivity contribution in [3.05, 3.63) is 17.5 Å². The summed E-state index contributed by atoms with van der Waals surface area (Å²) < 4.78 is 4.93. The SMILES string of the molecule is O=C(O)c1nocc1C1C2CC3CC(C2)CC1C3. The second-order valence-electron chi connectivity index (χ2n) is 6.38. The van der Waals surface area contributed by atoms with Crippen LogP contribution in [0.15, 0.2) is 10.8 Å². The van der Waals surface area contributed by atoms with E-state index >= 15 is 0 Å². The van der Waals surface area contributed by atoms with Crippen LogP contribution in [-0.4, -0.2) is 16.2 Å². The third kappa shape index (κ3) is 1.38. The van der Waals surface area contributed by atoms with E-state index in [1.165, 1.54) is 32.1 Å². The molecule has 0 radical (unpaired) electrons. The maximum Gasteiger partial charge on any atom is 0.358 e. The monoisotopic (exact) mass is 247 g/mol. The van der Waals surface area contributed by atoms with E-state index < -0.39 is 5.97 Å². The molecule has 0 spiro atoms. The standard InChI is InChI=1S/C14H17NO3/c16-14(17)13-11(6-18-15-13)12-9-2-7-1-8(4-9)5-10(12)3-7/h6-10,12H,1-5H2,(H,16,17). The molecule has 0 atom stereocenters. The number of hydrogen-bond acceptors (Lipinski definition) is 3. The Balaban J connectivity index is 1.72. The Bertz CT molecular complexity index is 465. The molecule has 1 N–H and O–H groups in total. The molecule has 4 bridgehead atoms. The van der Waals surface area contributed by atoms with Crippen molar-refractivity contribution in [3.8, 4) is 0 Å². The molecule has 1 heterocycles. The number of hydrogen-bond donors (Lipinski definition) is 1. The molecule has 96 valence electrons. The highest BCUT2D eigenvalue weighted by Gasteiger charge is 2.50. The van der Waals surface area contributed by atoms with Crippen LogP contribution in [0.25, 0.3) is 0 Å². The molecule has 1 aromatic rings. The second kappa shape index (κ2) is 3.59. The number of aromatic carboxylic acids is 1. The summed E-state index contributed by atoms with van der Waals surface area (Å²) in [5.74, 6) is 2.56. The Morgan fingerprint density at radius 2 is 1.78 bits per heavy atom. The minimum atomic E-state index is -0.951. The quantitative estimate of drug-likeness (QED) is 0.872. The molecule has 0 saturated heterocycles. The van der Waals surface area contributed by atoms with Gasteiger partial charge < -0.3 is 9.63 Å². The maximum absolute atomic E-state index is 11.2. The summed E-state index contributed by atoms with van der Waals surface area (Å²) in [6.45, 7) is 0. The van der Waals surface area contributed by atoms with Crippen molar-refractivity contribution in [1.82, 2.24) is 5.16 Å². The van der Waals surface area contributed by atoms with Crippen LogP contribution in [0.4, 0.5) is 0 Å². The number of aromatic nitrogens is 1. The van der Waals surface area contributed by atoms with Gasteiger partial charge in [-0.1, -0.05) is 5.16 Å². The molecule has 4 heteroatoms. The van der Waals surface area contributed by atoms with Gasteiger partial charge in [0.25, 0.3) is 0 Å². The van der Waals surface area contributed by atoms with Gasteiger partial charge in [0, 0.05) is 5.56 Å². The van der Waals surface area contributed by atoms with Crippen LogP contribution in [0, 0.1) is 23.7 Å². The minimum Gasteiger partial charge on any atom is -0.476 e. The topological polar surface area (TPSA) is 63.3 Å². The molecular formula is C14H17NO3. The van der Waals surface area contributed by atoms with E-state index in [1.807, 2.05) is 0 Å². The van der Waals surface area contributed by atoms with Gasteiger partial charge in [0.1, 0.15) is 6.26 Å². The first-order valence-electron chi connectivity index (χ1n) is 6.90. The number of carboxylic acid groups (broad SMARTS) is 1. The van der Waals surface area contributed by atoms with Gasteiger partial charge >= 0.3 is 5.97 Å². The highest BCUT2D eigenvalue weighted by molar-refractivity contribution is 5.87. The number of rotatable bonds is 2. The van der Waals surface area contributed by atoms with Crippen molar-refractivity contribution in [2.45, 2.75) is 38.0 Å². The van der Waals surface area contributed by atoms with Crippen molar-refractivity contribution < 1.29 is 14.4 Å². The van der Waals surface area contributed by atoms with Crippen LogP contribution in [0.5, 0.6) is 0 Å². The fraction of sp³-hybridized carbons (Fsp3) is 0.714. The van der Waals surface area contributed by atoms with Crippen LogP contribution in [0.1, 0.15) is 54.1 Å². The van der Waals surface area contributed by atoms with E-state index in [-0.39, 0.29) is 5.69 Å². The molecular weight excluding hydrogens is 230 g/mol. The fourth-order valence-electron chi connectivity index (χ4n) is 5.08. The summed E-state index contributed by atoms with van der Waals surface area (Å²) in [5.41, 5.74) is 1.00. The van der Waals surface area contributed by atoms with E-state index in [0.717, 1.165) is 17.4 Å². The molecule has 0 unspecified atom stereocenters. The van der Waals surface area contributed by atoms with Gasteiger partial charge in [-0.3, -0.25) is 0 Å². The molecule has 18 heavy (non-hydrogen) atoms. The highest BCUT2D eigenvalue weighted by atomic mass is 16.5. The van der Waals surface area contributed by atoms with Crippen LogP contribution in [-0.2, 0) is 0 Å². The molecule has 0 aromatic carbocycles. The average molecular weight is 247 g/mol. The van der Waals surface area contributed by atoms with Crippen molar-refractivity contribution in [3.63, 3.8) is 0 Å². The summed E-state index contributed by atoms with van der Waals surface area (Å²) in [6.07, 6.45) is 8.11. The second-order valence-corrected chi connectivity index (χ2v) is 6.38. The zero-order valence-corrected chi connectivity index (χ0v) is 10.2. The molecule has 0 amide bonds. The third-order valence-corrected chi connectivity index (χ3v) is 5.39. The van der Waals surface area contributed by atoms with Gasteiger partial charge in [0.2, 0.25) is 0 Å².